The zero-order valence-electron chi connectivity index (χ0n) is 16.7. The first-order chi connectivity index (χ1) is 14.2. The summed E-state index contributed by atoms with van der Waals surface area (Å²) in [6.07, 6.45) is 2.32. The largest absolute Gasteiger partial charge is 0.339 e. The molecule has 1 fully saturated rings. The minimum Gasteiger partial charge on any atom is -0.339 e. The fourth-order valence-electron chi connectivity index (χ4n) is 4.04. The lowest BCUT2D eigenvalue weighted by atomic mass is 9.94. The predicted octanol–water partition coefficient (Wildman–Crippen LogP) is 4.89. The molecule has 3 aromatic rings. The number of hydrogen-bond donors (Lipinski definition) is 1. The van der Waals surface area contributed by atoms with Gasteiger partial charge in [0.15, 0.2) is 0 Å². The van der Waals surface area contributed by atoms with Crippen LogP contribution in [-0.2, 0) is 11.2 Å². The van der Waals surface area contributed by atoms with E-state index in [0.29, 0.717) is 25.9 Å². The quantitative estimate of drug-likeness (QED) is 0.694. The van der Waals surface area contributed by atoms with Gasteiger partial charge >= 0.3 is 0 Å². The van der Waals surface area contributed by atoms with Crippen LogP contribution in [0.3, 0.4) is 0 Å². The van der Waals surface area contributed by atoms with E-state index < -0.39 is 0 Å². The van der Waals surface area contributed by atoms with Crippen LogP contribution in [0, 0.1) is 5.92 Å². The first-order valence-electron chi connectivity index (χ1n) is 10.3. The van der Waals surface area contributed by atoms with Crippen LogP contribution in [0.25, 0.3) is 10.8 Å². The van der Waals surface area contributed by atoms with E-state index in [2.05, 4.69) is 18.3 Å². The minimum atomic E-state index is -0.0585. The highest BCUT2D eigenvalue weighted by Gasteiger charge is 2.28. The molecule has 2 amide bonds. The normalized spacial score (nSPS) is 14.7. The van der Waals surface area contributed by atoms with Gasteiger partial charge in [-0.25, -0.2) is 0 Å². The highest BCUT2D eigenvalue weighted by Crippen LogP contribution is 2.24. The van der Waals surface area contributed by atoms with E-state index in [4.69, 9.17) is 0 Å². The molecule has 1 heterocycles. The Morgan fingerprint density at radius 3 is 2.48 bits per heavy atom. The van der Waals surface area contributed by atoms with Crippen LogP contribution in [0.1, 0.15) is 35.7 Å². The third-order valence-electron chi connectivity index (χ3n) is 5.78. The van der Waals surface area contributed by atoms with Crippen LogP contribution in [0.15, 0.2) is 66.7 Å². The topological polar surface area (TPSA) is 49.4 Å². The fraction of sp³-hybridized carbons (Fsp3) is 0.280. The maximum absolute atomic E-state index is 13.1. The summed E-state index contributed by atoms with van der Waals surface area (Å²) >= 11 is 0. The number of carbonyl (C=O) groups is 2. The van der Waals surface area contributed by atoms with E-state index in [-0.39, 0.29) is 17.7 Å². The number of nitrogens with zero attached hydrogens (tertiary/aromatic N) is 1. The number of hydrogen-bond acceptors (Lipinski definition) is 2. The molecule has 1 aliphatic rings. The molecule has 0 saturated carbocycles. The molecule has 1 aliphatic heterocycles. The average molecular weight is 386 g/mol. The fourth-order valence-corrected chi connectivity index (χ4v) is 4.04. The molecular weight excluding hydrogens is 360 g/mol. The highest BCUT2D eigenvalue weighted by atomic mass is 16.2. The van der Waals surface area contributed by atoms with E-state index in [1.54, 1.807) is 0 Å². The summed E-state index contributed by atoms with van der Waals surface area (Å²) in [4.78, 5) is 27.6. The van der Waals surface area contributed by atoms with Crippen molar-refractivity contribution in [2.24, 2.45) is 5.92 Å². The van der Waals surface area contributed by atoms with Gasteiger partial charge in [-0.05, 0) is 53.8 Å². The van der Waals surface area contributed by atoms with Gasteiger partial charge in [0.1, 0.15) is 0 Å². The molecule has 4 nitrogen and oxygen atoms in total. The summed E-state index contributed by atoms with van der Waals surface area (Å²) in [7, 11) is 0. The highest BCUT2D eigenvalue weighted by molar-refractivity contribution is 6.07. The Labute approximate surface area is 171 Å². The van der Waals surface area contributed by atoms with Crippen LogP contribution in [-0.4, -0.2) is 29.8 Å². The molecule has 0 spiro atoms. The van der Waals surface area contributed by atoms with Crippen molar-refractivity contribution < 1.29 is 9.59 Å². The number of piperidine rings is 1. The van der Waals surface area contributed by atoms with Crippen molar-refractivity contribution >= 4 is 28.3 Å². The van der Waals surface area contributed by atoms with Crippen LogP contribution in [0.5, 0.6) is 0 Å². The number of carbonyl (C=O) groups excluding carboxylic acids is 2. The molecule has 1 N–H and O–H groups in total. The number of nitrogens with one attached hydrogen (secondary N) is 1. The second-order valence-corrected chi connectivity index (χ2v) is 7.64. The third kappa shape index (κ3) is 4.16. The Bertz CT molecular complexity index is 1030. The molecule has 3 aromatic carbocycles. The third-order valence-corrected chi connectivity index (χ3v) is 5.78. The molecule has 4 rings (SSSR count). The summed E-state index contributed by atoms with van der Waals surface area (Å²) in [6, 6.07) is 21.8. The second-order valence-electron chi connectivity index (χ2n) is 7.64. The Morgan fingerprint density at radius 1 is 0.966 bits per heavy atom. The molecule has 29 heavy (non-hydrogen) atoms. The summed E-state index contributed by atoms with van der Waals surface area (Å²) in [5.74, 6) is 0.0451. The van der Waals surface area contributed by atoms with E-state index in [1.165, 1.54) is 5.56 Å². The number of likely N-dealkylation sites (tertiary alicyclic amines) is 1. The zero-order valence-corrected chi connectivity index (χ0v) is 16.7. The van der Waals surface area contributed by atoms with Crippen molar-refractivity contribution in [2.75, 3.05) is 18.4 Å². The predicted molar refractivity (Wildman–Crippen MR) is 117 cm³/mol. The number of amides is 2. The summed E-state index contributed by atoms with van der Waals surface area (Å²) < 4.78 is 0. The van der Waals surface area contributed by atoms with Gasteiger partial charge in [0.05, 0.1) is 0 Å². The van der Waals surface area contributed by atoms with Gasteiger partial charge in [-0.3, -0.25) is 9.59 Å². The smallest absolute Gasteiger partial charge is 0.254 e. The monoisotopic (exact) mass is 386 g/mol. The number of benzene rings is 3. The number of aryl methyl sites for hydroxylation is 1. The molecule has 0 aromatic heterocycles. The van der Waals surface area contributed by atoms with Crippen molar-refractivity contribution in [2.45, 2.75) is 26.2 Å². The summed E-state index contributed by atoms with van der Waals surface area (Å²) in [5.41, 5.74) is 2.80. The lowest BCUT2D eigenvalue weighted by Gasteiger charge is -2.31. The molecule has 1 saturated heterocycles. The number of rotatable bonds is 4. The van der Waals surface area contributed by atoms with Gasteiger partial charge in [-0.1, -0.05) is 55.5 Å². The van der Waals surface area contributed by atoms with Crippen molar-refractivity contribution in [1.82, 2.24) is 4.90 Å². The van der Waals surface area contributed by atoms with Crippen molar-refractivity contribution in [3.8, 4) is 0 Å². The molecule has 148 valence electrons. The van der Waals surface area contributed by atoms with Crippen molar-refractivity contribution in [3.05, 3.63) is 77.9 Å². The first kappa shape index (κ1) is 19.2. The van der Waals surface area contributed by atoms with Gasteiger partial charge < -0.3 is 10.2 Å². The lowest BCUT2D eigenvalue weighted by Crippen LogP contribution is -2.41. The summed E-state index contributed by atoms with van der Waals surface area (Å²) in [6.45, 7) is 3.31. The molecule has 0 atom stereocenters. The van der Waals surface area contributed by atoms with Crippen LogP contribution < -0.4 is 5.32 Å². The molecule has 0 radical (unpaired) electrons. The standard InChI is InChI=1S/C25H26N2O2/c1-2-18-7-5-10-21(17-18)26-24(28)20-13-15-27(16-14-20)25(29)23-12-6-9-19-8-3-4-11-22(19)23/h3-12,17,20H,2,13-16H2,1H3,(H,26,28). The van der Waals surface area contributed by atoms with E-state index in [9.17, 15) is 9.59 Å². The Kier molecular flexibility index (Phi) is 5.61. The molecule has 0 bridgehead atoms. The van der Waals surface area contributed by atoms with Gasteiger partial charge in [-0.2, -0.15) is 0 Å². The number of anilines is 1. The van der Waals surface area contributed by atoms with E-state index in [0.717, 1.165) is 28.4 Å². The van der Waals surface area contributed by atoms with Gasteiger partial charge in [0.2, 0.25) is 5.91 Å². The maximum atomic E-state index is 13.1. The lowest BCUT2D eigenvalue weighted by molar-refractivity contribution is -0.121. The maximum Gasteiger partial charge on any atom is 0.254 e. The van der Waals surface area contributed by atoms with Gasteiger partial charge in [-0.15, -0.1) is 0 Å². The zero-order chi connectivity index (χ0) is 20.2. The first-order valence-corrected chi connectivity index (χ1v) is 10.3. The Hall–Kier alpha value is -3.14. The van der Waals surface area contributed by atoms with Crippen LogP contribution in [0.4, 0.5) is 5.69 Å². The van der Waals surface area contributed by atoms with E-state index in [1.807, 2.05) is 65.6 Å². The molecule has 4 heteroatoms. The van der Waals surface area contributed by atoms with Gasteiger partial charge in [0, 0.05) is 30.3 Å². The molecule has 0 aliphatic carbocycles. The van der Waals surface area contributed by atoms with Crippen LogP contribution in [0.2, 0.25) is 0 Å². The Morgan fingerprint density at radius 2 is 1.69 bits per heavy atom. The summed E-state index contributed by atoms with van der Waals surface area (Å²) in [5, 5.41) is 5.10. The second kappa shape index (κ2) is 8.48. The van der Waals surface area contributed by atoms with E-state index >= 15 is 0 Å². The van der Waals surface area contributed by atoms with Gasteiger partial charge in [0.25, 0.3) is 5.91 Å². The van der Waals surface area contributed by atoms with Crippen molar-refractivity contribution in [1.29, 1.82) is 0 Å². The number of fused-ring (bicyclic) bond motifs is 1. The van der Waals surface area contributed by atoms with Crippen LogP contribution >= 0.6 is 0 Å². The molecule has 0 unspecified atom stereocenters. The van der Waals surface area contributed by atoms with Crippen molar-refractivity contribution in [3.63, 3.8) is 0 Å². The Balaban J connectivity index is 1.39. The average Bonchev–Trinajstić information content (AvgIpc) is 2.78. The molecular formula is C25H26N2O2. The SMILES string of the molecule is CCc1cccc(NC(=O)C2CCN(C(=O)c3cccc4ccccc34)CC2)c1. The minimum absolute atomic E-state index is 0.0514.